The van der Waals surface area contributed by atoms with Gasteiger partial charge in [-0.1, -0.05) is 0 Å². The van der Waals surface area contributed by atoms with Crippen LogP contribution in [0.25, 0.3) is 5.53 Å². The van der Waals surface area contributed by atoms with Crippen molar-refractivity contribution in [2.45, 2.75) is 44.1 Å². The van der Waals surface area contributed by atoms with Gasteiger partial charge in [-0.3, -0.25) is 0 Å². The maximum absolute atomic E-state index is 11.4. The zero-order valence-electron chi connectivity index (χ0n) is 9.26. The summed E-state index contributed by atoms with van der Waals surface area (Å²) in [6.45, 7) is 0. The second kappa shape index (κ2) is 3.42. The van der Waals surface area contributed by atoms with Crippen LogP contribution in [0.3, 0.4) is 0 Å². The van der Waals surface area contributed by atoms with Gasteiger partial charge in [0.1, 0.15) is 5.60 Å². The van der Waals surface area contributed by atoms with Crippen molar-refractivity contribution in [2.24, 2.45) is 17.8 Å². The molecule has 16 heavy (non-hydrogen) atoms. The maximum Gasteiger partial charge on any atom is 0.414 e. The van der Waals surface area contributed by atoms with Crippen molar-refractivity contribution in [1.82, 2.24) is 0 Å². The molecule has 4 heteroatoms. The fourth-order valence-corrected chi connectivity index (χ4v) is 4.44. The Balaban J connectivity index is 1.78. The van der Waals surface area contributed by atoms with E-state index in [4.69, 9.17) is 10.3 Å². The Hall–Kier alpha value is -1.15. The topological polar surface area (TPSA) is 62.7 Å². The molecule has 0 aromatic heterocycles. The second-order valence-corrected chi connectivity index (χ2v) is 5.77. The summed E-state index contributed by atoms with van der Waals surface area (Å²) in [5, 5.41) is 0. The number of ether oxygens (including phenoxy) is 1. The first-order chi connectivity index (χ1) is 7.69. The molecule has 4 aliphatic carbocycles. The van der Waals surface area contributed by atoms with E-state index in [-0.39, 0.29) is 5.60 Å². The first kappa shape index (κ1) is 10.0. The van der Waals surface area contributed by atoms with E-state index in [0.29, 0.717) is 0 Å². The van der Waals surface area contributed by atoms with Gasteiger partial charge < -0.3 is 10.3 Å². The second-order valence-electron chi connectivity index (χ2n) is 5.77. The fourth-order valence-electron chi connectivity index (χ4n) is 4.44. The Bertz CT molecular complexity index is 336. The Morgan fingerprint density at radius 1 is 1.19 bits per heavy atom. The van der Waals surface area contributed by atoms with Crippen LogP contribution in [0, 0.1) is 17.8 Å². The van der Waals surface area contributed by atoms with Gasteiger partial charge in [0.2, 0.25) is 0 Å². The van der Waals surface area contributed by atoms with Crippen molar-refractivity contribution in [1.29, 1.82) is 0 Å². The Morgan fingerprint density at radius 2 is 1.69 bits per heavy atom. The molecule has 0 unspecified atom stereocenters. The molecule has 0 atom stereocenters. The lowest BCUT2D eigenvalue weighted by Crippen LogP contribution is -2.52. The van der Waals surface area contributed by atoms with E-state index in [1.54, 1.807) is 0 Å². The van der Waals surface area contributed by atoms with Crippen LogP contribution in [0.15, 0.2) is 0 Å². The quantitative estimate of drug-likeness (QED) is 0.308. The van der Waals surface area contributed by atoms with Crippen molar-refractivity contribution in [3.8, 4) is 0 Å². The lowest BCUT2D eigenvalue weighted by atomic mass is 9.54. The highest BCUT2D eigenvalue weighted by Crippen LogP contribution is 2.57. The van der Waals surface area contributed by atoms with Gasteiger partial charge in [-0.05, 0) is 56.3 Å². The summed E-state index contributed by atoms with van der Waals surface area (Å²) in [5.41, 5.74) is 8.09. The summed E-state index contributed by atoms with van der Waals surface area (Å²) >= 11 is 0. The van der Waals surface area contributed by atoms with Gasteiger partial charge in [-0.2, -0.15) is 4.79 Å². The molecule has 4 rings (SSSR count). The Labute approximate surface area is 94.6 Å². The predicted molar refractivity (Wildman–Crippen MR) is 56.7 cm³/mol. The first-order valence-corrected chi connectivity index (χ1v) is 6.09. The van der Waals surface area contributed by atoms with Crippen LogP contribution < -0.4 is 0 Å². The molecule has 0 aromatic rings. The van der Waals surface area contributed by atoms with Gasteiger partial charge in [0.05, 0.1) is 0 Å². The largest absolute Gasteiger partial charge is 0.451 e. The monoisotopic (exact) mass is 220 g/mol. The minimum Gasteiger partial charge on any atom is -0.451 e. The molecule has 0 aliphatic heterocycles. The third-order valence-electron chi connectivity index (χ3n) is 4.46. The third kappa shape index (κ3) is 1.57. The average Bonchev–Trinajstić information content (AvgIpc) is 2.13. The molecule has 0 amide bonds. The molecule has 4 aliphatic rings. The molecule has 4 saturated carbocycles. The van der Waals surface area contributed by atoms with Crippen LogP contribution in [0.5, 0.6) is 0 Å². The highest BCUT2D eigenvalue weighted by atomic mass is 16.6. The van der Waals surface area contributed by atoms with Crippen molar-refractivity contribution >= 4 is 12.2 Å². The first-order valence-electron chi connectivity index (χ1n) is 6.09. The minimum atomic E-state index is -0.496. The van der Waals surface area contributed by atoms with Crippen LogP contribution in [0.4, 0.5) is 0 Å². The fraction of sp³-hybridized carbons (Fsp3) is 0.833. The molecular weight excluding hydrogens is 204 g/mol. The molecule has 0 heterocycles. The van der Waals surface area contributed by atoms with Crippen molar-refractivity contribution < 1.29 is 14.3 Å². The standard InChI is InChI=1S/C12H16N2O2/c13-14-7-11(15)16-12-4-8-1-9(5-12)3-10(2-8)6-12/h7-10H,1-6H2. The van der Waals surface area contributed by atoms with E-state index in [9.17, 15) is 4.79 Å². The molecule has 0 radical (unpaired) electrons. The van der Waals surface area contributed by atoms with E-state index in [2.05, 4.69) is 4.79 Å². The Kier molecular flexibility index (Phi) is 2.15. The molecule has 86 valence electrons. The minimum absolute atomic E-state index is 0.229. The van der Waals surface area contributed by atoms with Gasteiger partial charge >= 0.3 is 12.2 Å². The van der Waals surface area contributed by atoms with Crippen LogP contribution >= 0.6 is 0 Å². The Morgan fingerprint density at radius 3 is 2.12 bits per heavy atom. The maximum atomic E-state index is 11.4. The molecule has 0 N–H and O–H groups in total. The van der Waals surface area contributed by atoms with E-state index >= 15 is 0 Å². The number of esters is 1. The zero-order valence-corrected chi connectivity index (χ0v) is 9.26. The van der Waals surface area contributed by atoms with Gasteiger partial charge in [0.15, 0.2) is 0 Å². The zero-order chi connectivity index (χ0) is 11.2. The van der Waals surface area contributed by atoms with Crippen molar-refractivity contribution in [2.75, 3.05) is 0 Å². The lowest BCUT2D eigenvalue weighted by molar-refractivity contribution is -0.181. The van der Waals surface area contributed by atoms with Crippen molar-refractivity contribution in [3.63, 3.8) is 0 Å². The normalized spacial score (nSPS) is 43.9. The molecule has 4 nitrogen and oxygen atoms in total. The number of nitrogens with zero attached hydrogens (tertiary/aromatic N) is 2. The number of rotatable bonds is 2. The summed E-state index contributed by atoms with van der Waals surface area (Å²) in [5.74, 6) is 1.77. The number of carbonyl (C=O) groups is 1. The summed E-state index contributed by atoms with van der Waals surface area (Å²) < 4.78 is 5.54. The van der Waals surface area contributed by atoms with Gasteiger partial charge in [0, 0.05) is 0 Å². The van der Waals surface area contributed by atoms with Crippen LogP contribution in [0.2, 0.25) is 0 Å². The van der Waals surface area contributed by atoms with Gasteiger partial charge in [0.25, 0.3) is 0 Å². The highest BCUT2D eigenvalue weighted by Gasteiger charge is 2.53. The SMILES string of the molecule is [N-]=[N+]=CC(=O)OC12CC3CC(CC(C3)C1)C2. The third-order valence-corrected chi connectivity index (χ3v) is 4.46. The van der Waals surface area contributed by atoms with E-state index in [1.807, 2.05) is 0 Å². The van der Waals surface area contributed by atoms with Gasteiger partial charge in [-0.15, -0.1) is 0 Å². The van der Waals surface area contributed by atoms with Crippen molar-refractivity contribution in [3.05, 3.63) is 5.53 Å². The van der Waals surface area contributed by atoms with E-state index < -0.39 is 5.97 Å². The van der Waals surface area contributed by atoms with Gasteiger partial charge in [-0.25, -0.2) is 4.79 Å². The number of carbonyl (C=O) groups excluding carboxylic acids is 1. The molecular formula is C12H16N2O2. The summed E-state index contributed by atoms with van der Waals surface area (Å²) in [7, 11) is 0. The summed E-state index contributed by atoms with van der Waals surface area (Å²) in [6, 6.07) is 0. The van der Waals surface area contributed by atoms with E-state index in [0.717, 1.165) is 43.2 Å². The van der Waals surface area contributed by atoms with Crippen LogP contribution in [-0.2, 0) is 9.53 Å². The lowest BCUT2D eigenvalue weighted by Gasteiger charge is -2.55. The van der Waals surface area contributed by atoms with E-state index in [1.165, 1.54) is 19.3 Å². The molecule has 4 bridgehead atoms. The number of hydrogen-bond acceptors (Lipinski definition) is 2. The number of hydrogen-bond donors (Lipinski definition) is 0. The molecule has 0 aromatic carbocycles. The molecule has 4 fully saturated rings. The smallest absolute Gasteiger partial charge is 0.414 e. The highest BCUT2D eigenvalue weighted by molar-refractivity contribution is 6.20. The van der Waals surface area contributed by atoms with Crippen LogP contribution in [0.1, 0.15) is 38.5 Å². The average molecular weight is 220 g/mol. The predicted octanol–water partition coefficient (Wildman–Crippen LogP) is 1.80. The van der Waals surface area contributed by atoms with Crippen LogP contribution in [-0.4, -0.2) is 22.6 Å². The summed E-state index contributed by atoms with van der Waals surface area (Å²) in [4.78, 5) is 14.1. The molecule has 0 spiro atoms. The summed E-state index contributed by atoms with van der Waals surface area (Å²) in [6.07, 6.45) is 7.89. The molecule has 0 saturated heterocycles.